The summed E-state index contributed by atoms with van der Waals surface area (Å²) in [7, 11) is 0. The molecule has 116 valence electrons. The van der Waals surface area contributed by atoms with Crippen molar-refractivity contribution >= 4 is 0 Å². The number of ether oxygens (including phenoxy) is 2. The number of rotatable bonds is 12. The normalized spacial score (nSPS) is 13.7. The van der Waals surface area contributed by atoms with Crippen molar-refractivity contribution in [3.05, 3.63) is 0 Å². The monoisotopic (exact) mass is 287 g/mol. The molecular formula is C12H24F3NO3. The van der Waals surface area contributed by atoms with Gasteiger partial charge in [0.25, 0.3) is 0 Å². The molecule has 0 aromatic carbocycles. The van der Waals surface area contributed by atoms with Crippen LogP contribution in [0.2, 0.25) is 0 Å². The summed E-state index contributed by atoms with van der Waals surface area (Å²) in [6.45, 7) is 4.42. The molecule has 0 bridgehead atoms. The first-order valence-electron chi connectivity index (χ1n) is 6.56. The molecule has 0 aliphatic heterocycles. The van der Waals surface area contributed by atoms with Crippen LogP contribution in [0.1, 0.15) is 26.2 Å². The predicted molar refractivity (Wildman–Crippen MR) is 66.1 cm³/mol. The lowest BCUT2D eigenvalue weighted by Gasteiger charge is -2.12. The Labute approximate surface area is 112 Å². The van der Waals surface area contributed by atoms with Crippen LogP contribution in [0, 0.1) is 0 Å². The van der Waals surface area contributed by atoms with Gasteiger partial charge in [-0.25, -0.2) is 0 Å². The minimum Gasteiger partial charge on any atom is -0.389 e. The van der Waals surface area contributed by atoms with Gasteiger partial charge in [0.2, 0.25) is 0 Å². The molecule has 0 aromatic heterocycles. The van der Waals surface area contributed by atoms with Crippen molar-refractivity contribution in [1.82, 2.24) is 5.32 Å². The Morgan fingerprint density at radius 2 is 1.84 bits per heavy atom. The first-order valence-corrected chi connectivity index (χ1v) is 6.56. The first kappa shape index (κ1) is 18.6. The van der Waals surface area contributed by atoms with Crippen LogP contribution < -0.4 is 5.32 Å². The molecule has 0 aliphatic carbocycles. The van der Waals surface area contributed by atoms with Crippen LogP contribution in [0.25, 0.3) is 0 Å². The quantitative estimate of drug-likeness (QED) is 0.537. The molecule has 0 saturated heterocycles. The topological polar surface area (TPSA) is 50.7 Å². The molecule has 0 aliphatic rings. The molecular weight excluding hydrogens is 263 g/mol. The van der Waals surface area contributed by atoms with Gasteiger partial charge in [-0.3, -0.25) is 0 Å². The number of halogens is 3. The molecule has 0 fully saturated rings. The van der Waals surface area contributed by atoms with E-state index >= 15 is 0 Å². The highest BCUT2D eigenvalue weighted by Gasteiger charge is 2.25. The zero-order valence-electron chi connectivity index (χ0n) is 11.3. The van der Waals surface area contributed by atoms with Gasteiger partial charge in [0.05, 0.1) is 25.9 Å². The number of alkyl halides is 3. The number of hydrogen-bond acceptors (Lipinski definition) is 4. The summed E-state index contributed by atoms with van der Waals surface area (Å²) >= 11 is 0. The largest absolute Gasteiger partial charge is 0.389 e. The third-order valence-corrected chi connectivity index (χ3v) is 2.33. The van der Waals surface area contributed by atoms with Crippen LogP contribution in [-0.2, 0) is 9.47 Å². The van der Waals surface area contributed by atoms with Crippen LogP contribution in [0.4, 0.5) is 13.2 Å². The molecule has 19 heavy (non-hydrogen) atoms. The van der Waals surface area contributed by atoms with E-state index in [0.29, 0.717) is 39.3 Å². The van der Waals surface area contributed by atoms with Crippen molar-refractivity contribution in [3.8, 4) is 0 Å². The Morgan fingerprint density at radius 1 is 1.16 bits per heavy atom. The maximum Gasteiger partial charge on any atom is 0.389 e. The Morgan fingerprint density at radius 3 is 2.47 bits per heavy atom. The summed E-state index contributed by atoms with van der Waals surface area (Å²) in [5.74, 6) is 0. The molecule has 4 nitrogen and oxygen atoms in total. The summed E-state index contributed by atoms with van der Waals surface area (Å²) in [5.41, 5.74) is 0. The lowest BCUT2D eigenvalue weighted by atomic mass is 10.2. The van der Waals surface area contributed by atoms with Gasteiger partial charge >= 0.3 is 6.18 Å². The summed E-state index contributed by atoms with van der Waals surface area (Å²) in [6.07, 6.45) is -4.93. The van der Waals surface area contributed by atoms with Crippen molar-refractivity contribution < 1.29 is 27.8 Å². The van der Waals surface area contributed by atoms with Crippen molar-refractivity contribution in [1.29, 1.82) is 0 Å². The smallest absolute Gasteiger partial charge is 0.389 e. The minimum absolute atomic E-state index is 0.109. The fourth-order valence-corrected chi connectivity index (χ4v) is 1.38. The highest BCUT2D eigenvalue weighted by atomic mass is 19.4. The highest BCUT2D eigenvalue weighted by Crippen LogP contribution is 2.21. The van der Waals surface area contributed by atoms with Gasteiger partial charge < -0.3 is 19.9 Å². The maximum atomic E-state index is 11.8. The zero-order valence-corrected chi connectivity index (χ0v) is 11.3. The first-order chi connectivity index (χ1) is 8.95. The molecule has 7 heteroatoms. The van der Waals surface area contributed by atoms with Crippen molar-refractivity contribution in [2.45, 2.75) is 38.5 Å². The standard InChI is InChI=1S/C12H24F3NO3/c1-2-18-7-8-19-10-11(17)9-16-6-4-3-5-12(13,14)15/h11,16-17H,2-10H2,1H3. The number of hydrogen-bond donors (Lipinski definition) is 2. The van der Waals surface area contributed by atoms with Gasteiger partial charge in [0.1, 0.15) is 0 Å². The summed E-state index contributed by atoms with van der Waals surface area (Å²) < 4.78 is 45.7. The maximum absolute atomic E-state index is 11.8. The van der Waals surface area contributed by atoms with E-state index in [-0.39, 0.29) is 13.0 Å². The number of aliphatic hydroxyl groups excluding tert-OH is 1. The summed E-state index contributed by atoms with van der Waals surface area (Å²) in [5, 5.41) is 12.4. The lowest BCUT2D eigenvalue weighted by molar-refractivity contribution is -0.135. The van der Waals surface area contributed by atoms with Gasteiger partial charge in [-0.15, -0.1) is 0 Å². The second-order valence-electron chi connectivity index (χ2n) is 4.20. The SMILES string of the molecule is CCOCCOCC(O)CNCCCCC(F)(F)F. The molecule has 0 amide bonds. The van der Waals surface area contributed by atoms with Crippen molar-refractivity contribution in [3.63, 3.8) is 0 Å². The second-order valence-corrected chi connectivity index (χ2v) is 4.20. The van der Waals surface area contributed by atoms with Crippen LogP contribution in [-0.4, -0.2) is 56.9 Å². The highest BCUT2D eigenvalue weighted by molar-refractivity contribution is 4.59. The van der Waals surface area contributed by atoms with Crippen LogP contribution in [0.3, 0.4) is 0 Å². The number of unbranched alkanes of at least 4 members (excludes halogenated alkanes) is 1. The molecule has 0 saturated carbocycles. The van der Waals surface area contributed by atoms with E-state index in [9.17, 15) is 18.3 Å². The fraction of sp³-hybridized carbons (Fsp3) is 1.00. The van der Waals surface area contributed by atoms with Gasteiger partial charge in [-0.1, -0.05) is 0 Å². The van der Waals surface area contributed by atoms with Gasteiger partial charge in [-0.05, 0) is 26.3 Å². The molecule has 0 radical (unpaired) electrons. The van der Waals surface area contributed by atoms with E-state index in [1.807, 2.05) is 6.92 Å². The Hall–Kier alpha value is -0.370. The average molecular weight is 287 g/mol. The molecule has 0 rings (SSSR count). The molecule has 0 spiro atoms. The summed E-state index contributed by atoms with van der Waals surface area (Å²) in [6, 6.07) is 0. The zero-order chi connectivity index (χ0) is 14.6. The van der Waals surface area contributed by atoms with E-state index in [4.69, 9.17) is 9.47 Å². The third-order valence-electron chi connectivity index (χ3n) is 2.33. The average Bonchev–Trinajstić information content (AvgIpc) is 2.32. The van der Waals surface area contributed by atoms with Crippen LogP contribution in [0.5, 0.6) is 0 Å². The number of aliphatic hydroxyl groups is 1. The fourth-order valence-electron chi connectivity index (χ4n) is 1.38. The third kappa shape index (κ3) is 15.6. The van der Waals surface area contributed by atoms with Crippen molar-refractivity contribution in [2.75, 3.05) is 39.5 Å². The van der Waals surface area contributed by atoms with Gasteiger partial charge in [0.15, 0.2) is 0 Å². The van der Waals surface area contributed by atoms with Crippen LogP contribution in [0.15, 0.2) is 0 Å². The van der Waals surface area contributed by atoms with Crippen molar-refractivity contribution in [2.24, 2.45) is 0 Å². The van der Waals surface area contributed by atoms with E-state index in [1.165, 1.54) is 0 Å². The predicted octanol–water partition coefficient (Wildman–Crippen LogP) is 1.72. The number of nitrogens with one attached hydrogen (secondary N) is 1. The Bertz CT molecular complexity index is 203. The van der Waals surface area contributed by atoms with E-state index in [2.05, 4.69) is 5.32 Å². The van der Waals surface area contributed by atoms with Crippen LogP contribution >= 0.6 is 0 Å². The molecule has 1 unspecified atom stereocenters. The Balaban J connectivity index is 3.22. The molecule has 2 N–H and O–H groups in total. The summed E-state index contributed by atoms with van der Waals surface area (Å²) in [4.78, 5) is 0. The van der Waals surface area contributed by atoms with E-state index in [1.54, 1.807) is 0 Å². The molecule has 0 aromatic rings. The Kier molecular flexibility index (Phi) is 11.2. The molecule has 1 atom stereocenters. The van der Waals surface area contributed by atoms with E-state index in [0.717, 1.165) is 0 Å². The second kappa shape index (κ2) is 11.5. The van der Waals surface area contributed by atoms with Gasteiger partial charge in [0, 0.05) is 19.6 Å². The van der Waals surface area contributed by atoms with Gasteiger partial charge in [-0.2, -0.15) is 13.2 Å². The molecule has 0 heterocycles. The minimum atomic E-state index is -4.08. The lowest BCUT2D eigenvalue weighted by Crippen LogP contribution is -2.31. The van der Waals surface area contributed by atoms with E-state index < -0.39 is 18.7 Å².